The summed E-state index contributed by atoms with van der Waals surface area (Å²) in [7, 11) is -2.49. The summed E-state index contributed by atoms with van der Waals surface area (Å²) < 4.78 is 46.6. The first-order valence-corrected chi connectivity index (χ1v) is 12.8. The van der Waals surface area contributed by atoms with E-state index in [2.05, 4.69) is 5.32 Å². The van der Waals surface area contributed by atoms with Crippen molar-refractivity contribution in [2.24, 2.45) is 0 Å². The molecule has 0 aliphatic carbocycles. The molecule has 9 heteroatoms. The van der Waals surface area contributed by atoms with Gasteiger partial charge in [0.25, 0.3) is 10.0 Å². The number of nitrogens with one attached hydrogen (secondary N) is 1. The van der Waals surface area contributed by atoms with Crippen molar-refractivity contribution in [1.29, 1.82) is 0 Å². The molecule has 1 amide bonds. The van der Waals surface area contributed by atoms with Gasteiger partial charge in [0.05, 0.1) is 17.7 Å². The van der Waals surface area contributed by atoms with Crippen LogP contribution in [0.25, 0.3) is 0 Å². The lowest BCUT2D eigenvalue weighted by molar-refractivity contribution is -0.119. The molecule has 0 atom stereocenters. The smallest absolute Gasteiger partial charge is 0.264 e. The number of anilines is 1. The van der Waals surface area contributed by atoms with Crippen LogP contribution in [0.15, 0.2) is 83.8 Å². The minimum atomic E-state index is -3.98. The molecule has 0 aliphatic heterocycles. The highest BCUT2D eigenvalue weighted by atomic mass is 32.2. The summed E-state index contributed by atoms with van der Waals surface area (Å²) in [6.45, 7) is -0.0579. The Labute approximate surface area is 197 Å². The summed E-state index contributed by atoms with van der Waals surface area (Å²) in [5.74, 6) is 0.828. The molecule has 3 aromatic carbocycles. The molecular weight excluding hydrogens is 463 g/mol. The first-order valence-electron chi connectivity index (χ1n) is 10.2. The Morgan fingerprint density at radius 3 is 2.48 bits per heavy atom. The van der Waals surface area contributed by atoms with Crippen LogP contribution in [-0.2, 0) is 20.6 Å². The fraction of sp³-hybridized carbons (Fsp3) is 0.208. The van der Waals surface area contributed by atoms with Crippen LogP contribution in [0.4, 0.5) is 10.1 Å². The zero-order chi connectivity index (χ0) is 23.7. The van der Waals surface area contributed by atoms with Crippen molar-refractivity contribution in [2.45, 2.75) is 10.6 Å². The van der Waals surface area contributed by atoms with Crippen LogP contribution in [0, 0.1) is 5.82 Å². The third kappa shape index (κ3) is 6.72. The Hall–Kier alpha value is -3.04. The highest BCUT2D eigenvalue weighted by Gasteiger charge is 2.27. The predicted octanol–water partition coefficient (Wildman–Crippen LogP) is 4.08. The molecule has 1 N–H and O–H groups in total. The van der Waals surface area contributed by atoms with Crippen LogP contribution >= 0.6 is 11.8 Å². The van der Waals surface area contributed by atoms with E-state index < -0.39 is 15.9 Å². The molecule has 0 aromatic heterocycles. The van der Waals surface area contributed by atoms with Crippen LogP contribution in [0.2, 0.25) is 0 Å². The van der Waals surface area contributed by atoms with Crippen molar-refractivity contribution in [2.75, 3.05) is 30.3 Å². The van der Waals surface area contributed by atoms with E-state index in [4.69, 9.17) is 4.74 Å². The van der Waals surface area contributed by atoms with E-state index in [9.17, 15) is 17.6 Å². The van der Waals surface area contributed by atoms with Gasteiger partial charge in [0.2, 0.25) is 5.91 Å². The van der Waals surface area contributed by atoms with Gasteiger partial charge in [-0.15, -0.1) is 0 Å². The minimum absolute atomic E-state index is 0.0843. The number of methoxy groups -OCH3 is 1. The monoisotopic (exact) mass is 488 g/mol. The fourth-order valence-corrected chi connectivity index (χ4v) is 5.33. The lowest BCUT2D eigenvalue weighted by Crippen LogP contribution is -2.41. The average Bonchev–Trinajstić information content (AvgIpc) is 2.84. The molecule has 0 saturated heterocycles. The van der Waals surface area contributed by atoms with Crippen LogP contribution in [0.3, 0.4) is 0 Å². The fourth-order valence-electron chi connectivity index (χ4n) is 3.05. The molecule has 0 fully saturated rings. The number of hydrogen-bond donors (Lipinski definition) is 1. The van der Waals surface area contributed by atoms with Crippen LogP contribution in [0.5, 0.6) is 5.75 Å². The van der Waals surface area contributed by atoms with E-state index in [0.29, 0.717) is 35.1 Å². The number of nitrogens with zero attached hydrogens (tertiary/aromatic N) is 1. The van der Waals surface area contributed by atoms with E-state index in [1.165, 1.54) is 37.1 Å². The van der Waals surface area contributed by atoms with Gasteiger partial charge in [-0.3, -0.25) is 9.10 Å². The Balaban J connectivity index is 1.66. The third-order valence-electron chi connectivity index (χ3n) is 4.74. The number of carbonyl (C=O) groups is 1. The van der Waals surface area contributed by atoms with Gasteiger partial charge in [-0.1, -0.05) is 42.5 Å². The third-order valence-corrected chi connectivity index (χ3v) is 7.54. The number of sulfonamides is 1. The number of ether oxygens (including phenoxy) is 1. The first-order chi connectivity index (χ1) is 15.9. The predicted molar refractivity (Wildman–Crippen MR) is 130 cm³/mol. The lowest BCUT2D eigenvalue weighted by Gasteiger charge is -2.24. The van der Waals surface area contributed by atoms with Crippen molar-refractivity contribution < 1.29 is 22.3 Å². The molecule has 0 saturated carbocycles. The maximum absolute atomic E-state index is 13.7. The average molecular weight is 489 g/mol. The van der Waals surface area contributed by atoms with E-state index in [1.807, 2.05) is 0 Å². The van der Waals surface area contributed by atoms with Gasteiger partial charge in [0, 0.05) is 24.1 Å². The van der Waals surface area contributed by atoms with Crippen molar-refractivity contribution in [3.05, 3.63) is 90.2 Å². The molecule has 0 aliphatic rings. The van der Waals surface area contributed by atoms with E-state index in [0.717, 1.165) is 4.31 Å². The molecule has 6 nitrogen and oxygen atoms in total. The summed E-state index contributed by atoms with van der Waals surface area (Å²) in [4.78, 5) is 12.7. The number of halogens is 1. The zero-order valence-corrected chi connectivity index (χ0v) is 19.7. The van der Waals surface area contributed by atoms with Gasteiger partial charge < -0.3 is 10.1 Å². The number of amides is 1. The second kappa shape index (κ2) is 11.7. The quantitative estimate of drug-likeness (QED) is 0.412. The highest BCUT2D eigenvalue weighted by Crippen LogP contribution is 2.26. The Morgan fingerprint density at radius 2 is 1.76 bits per heavy atom. The highest BCUT2D eigenvalue weighted by molar-refractivity contribution is 7.98. The van der Waals surface area contributed by atoms with Crippen molar-refractivity contribution in [1.82, 2.24) is 5.32 Å². The molecule has 0 unspecified atom stereocenters. The van der Waals surface area contributed by atoms with Crippen molar-refractivity contribution in [3.63, 3.8) is 0 Å². The number of thioether (sulfide) groups is 1. The number of benzene rings is 3. The second-order valence-corrected chi connectivity index (χ2v) is 9.99. The van der Waals surface area contributed by atoms with Crippen LogP contribution < -0.4 is 14.4 Å². The Morgan fingerprint density at radius 1 is 1.03 bits per heavy atom. The summed E-state index contributed by atoms with van der Waals surface area (Å²) in [5.41, 5.74) is 0.925. The largest absolute Gasteiger partial charge is 0.497 e. The molecule has 0 spiro atoms. The molecule has 174 valence electrons. The molecule has 0 radical (unpaired) electrons. The molecular formula is C24H25FN2O4S2. The van der Waals surface area contributed by atoms with Gasteiger partial charge in [0.1, 0.15) is 18.1 Å². The van der Waals surface area contributed by atoms with Gasteiger partial charge in [-0.2, -0.15) is 11.8 Å². The van der Waals surface area contributed by atoms with E-state index in [-0.39, 0.29) is 17.3 Å². The molecule has 33 heavy (non-hydrogen) atoms. The number of hydrogen-bond acceptors (Lipinski definition) is 5. The SMILES string of the molecule is COc1cccc(N(CC(=O)NCCSCc2ccccc2F)S(=O)(=O)c2ccccc2)c1. The van der Waals surface area contributed by atoms with Gasteiger partial charge in [-0.25, -0.2) is 12.8 Å². The van der Waals surface area contributed by atoms with Crippen LogP contribution in [0.1, 0.15) is 5.56 Å². The maximum atomic E-state index is 13.7. The Kier molecular flexibility index (Phi) is 8.73. The molecule has 3 rings (SSSR count). The van der Waals surface area contributed by atoms with Crippen molar-refractivity contribution in [3.8, 4) is 5.75 Å². The summed E-state index contributed by atoms with van der Waals surface area (Å²) >= 11 is 1.48. The van der Waals surface area contributed by atoms with E-state index in [1.54, 1.807) is 60.7 Å². The normalized spacial score (nSPS) is 11.1. The first kappa shape index (κ1) is 24.6. The van der Waals surface area contributed by atoms with E-state index >= 15 is 0 Å². The zero-order valence-electron chi connectivity index (χ0n) is 18.1. The summed E-state index contributed by atoms with van der Waals surface area (Å²) in [6, 6.07) is 21.1. The molecule has 0 bridgehead atoms. The molecule has 0 heterocycles. The maximum Gasteiger partial charge on any atom is 0.264 e. The minimum Gasteiger partial charge on any atom is -0.497 e. The second-order valence-electron chi connectivity index (χ2n) is 7.02. The van der Waals surface area contributed by atoms with Crippen molar-refractivity contribution >= 4 is 33.4 Å². The topological polar surface area (TPSA) is 75.7 Å². The number of rotatable bonds is 11. The Bertz CT molecular complexity index is 1170. The number of carbonyl (C=O) groups excluding carboxylic acids is 1. The van der Waals surface area contributed by atoms with Gasteiger partial charge >= 0.3 is 0 Å². The summed E-state index contributed by atoms with van der Waals surface area (Å²) in [6.07, 6.45) is 0. The van der Waals surface area contributed by atoms with Gasteiger partial charge in [-0.05, 0) is 35.9 Å². The van der Waals surface area contributed by atoms with Gasteiger partial charge in [0.15, 0.2) is 0 Å². The molecule has 3 aromatic rings. The standard InChI is InChI=1S/C24H25FN2O4S2/c1-31-21-10-7-9-20(16-21)27(33(29,30)22-11-3-2-4-12-22)17-24(28)26-14-15-32-18-19-8-5-6-13-23(19)25/h2-13,16H,14-15,17-18H2,1H3,(H,26,28). The lowest BCUT2D eigenvalue weighted by atomic mass is 10.2. The van der Waals surface area contributed by atoms with Crippen LogP contribution in [-0.4, -0.2) is 40.3 Å². The summed E-state index contributed by atoms with van der Waals surface area (Å²) in [5, 5.41) is 2.75.